The number of carbonyl (C=O) groups excluding carboxylic acids is 1. The molecule has 26 heavy (non-hydrogen) atoms. The maximum absolute atomic E-state index is 13.3. The second kappa shape index (κ2) is 6.17. The van der Waals surface area contributed by atoms with Gasteiger partial charge in [0, 0.05) is 7.05 Å². The Balaban J connectivity index is 1.70. The summed E-state index contributed by atoms with van der Waals surface area (Å²) in [4.78, 5) is 31.8. The lowest BCUT2D eigenvalue weighted by atomic mass is 10.1. The fourth-order valence-electron chi connectivity index (χ4n) is 3.19. The first-order valence-electron chi connectivity index (χ1n) is 8.18. The summed E-state index contributed by atoms with van der Waals surface area (Å²) in [6.07, 6.45) is 1.42. The molecular formula is C17H17N7O2. The van der Waals surface area contributed by atoms with Gasteiger partial charge in [-0.05, 0) is 22.9 Å². The molecule has 0 saturated carbocycles. The van der Waals surface area contributed by atoms with Gasteiger partial charge in [-0.25, -0.2) is 9.67 Å². The van der Waals surface area contributed by atoms with E-state index in [1.807, 2.05) is 30.3 Å². The third-order valence-corrected chi connectivity index (χ3v) is 4.67. The lowest BCUT2D eigenvalue weighted by Crippen LogP contribution is -2.35. The smallest absolute Gasteiger partial charge is 0.258 e. The van der Waals surface area contributed by atoms with E-state index >= 15 is 0 Å². The topological polar surface area (TPSA) is 98.8 Å². The van der Waals surface area contributed by atoms with Crippen molar-refractivity contribution in [1.82, 2.24) is 34.7 Å². The number of rotatable bonds is 3. The molecule has 0 spiro atoms. The van der Waals surface area contributed by atoms with Crippen molar-refractivity contribution in [3.8, 4) is 0 Å². The number of benzene rings is 1. The number of tetrazole rings is 1. The first kappa shape index (κ1) is 16.1. The fraction of sp³-hybridized carbons (Fsp3) is 0.294. The van der Waals surface area contributed by atoms with Crippen LogP contribution in [0.1, 0.15) is 28.7 Å². The van der Waals surface area contributed by atoms with E-state index in [0.29, 0.717) is 23.6 Å². The van der Waals surface area contributed by atoms with Crippen LogP contribution in [-0.2, 0) is 24.9 Å². The highest BCUT2D eigenvalue weighted by atomic mass is 16.2. The third-order valence-electron chi connectivity index (χ3n) is 4.67. The predicted molar refractivity (Wildman–Crippen MR) is 90.9 cm³/mol. The van der Waals surface area contributed by atoms with Crippen LogP contribution in [0.2, 0.25) is 0 Å². The normalized spacial score (nSPS) is 14.3. The molecule has 1 aliphatic rings. The fourth-order valence-corrected chi connectivity index (χ4v) is 3.19. The lowest BCUT2D eigenvalue weighted by molar-refractivity contribution is -0.134. The van der Waals surface area contributed by atoms with Crippen LogP contribution < -0.4 is 5.56 Å². The Bertz CT molecular complexity index is 1010. The number of fused-ring (bicyclic) bond motifs is 1. The molecule has 2 aromatic heterocycles. The van der Waals surface area contributed by atoms with E-state index in [2.05, 4.69) is 20.5 Å². The number of amides is 1. The number of carbonyl (C=O) groups is 1. The van der Waals surface area contributed by atoms with Crippen molar-refractivity contribution >= 4 is 5.91 Å². The molecule has 0 aliphatic carbocycles. The Morgan fingerprint density at radius 1 is 1.19 bits per heavy atom. The lowest BCUT2D eigenvalue weighted by Gasteiger charge is -2.22. The molecule has 0 saturated heterocycles. The molecule has 0 bridgehead atoms. The largest absolute Gasteiger partial charge is 0.330 e. The Kier molecular flexibility index (Phi) is 3.83. The van der Waals surface area contributed by atoms with Crippen molar-refractivity contribution in [2.24, 2.45) is 7.05 Å². The minimum Gasteiger partial charge on any atom is -0.330 e. The van der Waals surface area contributed by atoms with Crippen molar-refractivity contribution in [3.05, 3.63) is 69.7 Å². The molecule has 0 N–H and O–H groups in total. The highest BCUT2D eigenvalue weighted by molar-refractivity contribution is 5.84. The van der Waals surface area contributed by atoms with E-state index in [4.69, 9.17) is 0 Å². The van der Waals surface area contributed by atoms with Crippen molar-refractivity contribution in [2.45, 2.75) is 26.1 Å². The summed E-state index contributed by atoms with van der Waals surface area (Å²) in [5, 5.41) is 11.2. The molecule has 0 unspecified atom stereocenters. The average molecular weight is 351 g/mol. The molecule has 4 rings (SSSR count). The number of nitrogens with zero attached hydrogens (tertiary/aromatic N) is 7. The van der Waals surface area contributed by atoms with E-state index in [0.717, 1.165) is 5.56 Å². The summed E-state index contributed by atoms with van der Waals surface area (Å²) >= 11 is 0. The molecule has 1 atom stereocenters. The van der Waals surface area contributed by atoms with Gasteiger partial charge >= 0.3 is 0 Å². The van der Waals surface area contributed by atoms with E-state index < -0.39 is 6.04 Å². The molecule has 1 amide bonds. The van der Waals surface area contributed by atoms with Gasteiger partial charge in [0.25, 0.3) is 11.5 Å². The molecule has 132 valence electrons. The Hall–Kier alpha value is -3.36. The summed E-state index contributed by atoms with van der Waals surface area (Å²) in [7, 11) is 1.68. The quantitative estimate of drug-likeness (QED) is 0.669. The summed E-state index contributed by atoms with van der Waals surface area (Å²) in [6, 6.07) is 8.63. The number of hydrogen-bond donors (Lipinski definition) is 0. The summed E-state index contributed by atoms with van der Waals surface area (Å²) in [5.74, 6) is 0.448. The Morgan fingerprint density at radius 2 is 1.96 bits per heavy atom. The predicted octanol–water partition coefficient (Wildman–Crippen LogP) is 0.207. The van der Waals surface area contributed by atoms with Crippen molar-refractivity contribution in [3.63, 3.8) is 0 Å². The summed E-state index contributed by atoms with van der Waals surface area (Å²) in [5.41, 5.74) is 1.89. The van der Waals surface area contributed by atoms with Gasteiger partial charge in [-0.15, -0.1) is 5.10 Å². The van der Waals surface area contributed by atoms with E-state index in [9.17, 15) is 9.59 Å². The van der Waals surface area contributed by atoms with Crippen LogP contribution in [0.5, 0.6) is 0 Å². The van der Waals surface area contributed by atoms with Crippen molar-refractivity contribution in [2.75, 3.05) is 0 Å². The van der Waals surface area contributed by atoms with Gasteiger partial charge in [-0.1, -0.05) is 30.3 Å². The zero-order valence-electron chi connectivity index (χ0n) is 14.4. The van der Waals surface area contributed by atoms with Gasteiger partial charge in [0.1, 0.15) is 12.2 Å². The Labute approximate surface area is 148 Å². The monoisotopic (exact) mass is 351 g/mol. The molecule has 3 aromatic rings. The van der Waals surface area contributed by atoms with Crippen LogP contribution in [-0.4, -0.2) is 40.6 Å². The van der Waals surface area contributed by atoms with Crippen molar-refractivity contribution in [1.29, 1.82) is 0 Å². The zero-order valence-corrected chi connectivity index (χ0v) is 14.4. The molecule has 1 aliphatic heterocycles. The zero-order chi connectivity index (χ0) is 18.3. The first-order chi connectivity index (χ1) is 12.6. The van der Waals surface area contributed by atoms with E-state index in [1.54, 1.807) is 18.9 Å². The maximum atomic E-state index is 13.3. The van der Waals surface area contributed by atoms with Crippen LogP contribution in [0.15, 0.2) is 41.5 Å². The maximum Gasteiger partial charge on any atom is 0.258 e. The second-order valence-electron chi connectivity index (χ2n) is 6.25. The van der Waals surface area contributed by atoms with Crippen LogP contribution in [0.4, 0.5) is 0 Å². The Morgan fingerprint density at radius 3 is 2.65 bits per heavy atom. The minimum absolute atomic E-state index is 0.110. The van der Waals surface area contributed by atoms with Gasteiger partial charge in [0.15, 0.2) is 6.04 Å². The molecule has 1 aromatic carbocycles. The van der Waals surface area contributed by atoms with Crippen LogP contribution in [0.25, 0.3) is 0 Å². The molecule has 3 heterocycles. The average Bonchev–Trinajstić information content (AvgIpc) is 3.31. The van der Waals surface area contributed by atoms with Gasteiger partial charge in [-0.2, -0.15) is 0 Å². The van der Waals surface area contributed by atoms with E-state index in [-0.39, 0.29) is 18.0 Å². The summed E-state index contributed by atoms with van der Waals surface area (Å²) in [6.45, 7) is 2.32. The number of hydrogen-bond acceptors (Lipinski definition) is 6. The molecule has 9 nitrogen and oxygen atoms in total. The summed E-state index contributed by atoms with van der Waals surface area (Å²) < 4.78 is 2.93. The van der Waals surface area contributed by atoms with Gasteiger partial charge in [0.05, 0.1) is 24.3 Å². The molecule has 0 fully saturated rings. The van der Waals surface area contributed by atoms with Crippen LogP contribution in [0, 0.1) is 6.92 Å². The SMILES string of the molecule is Cc1nc2c(c(=O)n1C)CN(C(=O)[C@@H](c1ccccc1)n1cnnn1)C2. The van der Waals surface area contributed by atoms with Gasteiger partial charge in [0.2, 0.25) is 0 Å². The second-order valence-corrected chi connectivity index (χ2v) is 6.25. The number of aryl methyl sites for hydroxylation is 1. The highest BCUT2D eigenvalue weighted by Crippen LogP contribution is 2.25. The standard InChI is InChI=1S/C17H17N7O2/c1-11-19-14-9-23(8-13(14)16(25)22(11)2)17(26)15(24-10-18-20-21-24)12-6-4-3-5-7-12/h3-7,10,15H,8-9H2,1-2H3/t15-/m1/s1. The molecule has 9 heteroatoms. The van der Waals surface area contributed by atoms with Crippen molar-refractivity contribution < 1.29 is 4.79 Å². The number of aromatic nitrogens is 6. The van der Waals surface area contributed by atoms with Crippen LogP contribution >= 0.6 is 0 Å². The van der Waals surface area contributed by atoms with Crippen LogP contribution in [0.3, 0.4) is 0 Å². The van der Waals surface area contributed by atoms with Gasteiger partial charge < -0.3 is 4.90 Å². The van der Waals surface area contributed by atoms with Gasteiger partial charge in [-0.3, -0.25) is 14.2 Å². The first-order valence-corrected chi connectivity index (χ1v) is 8.18. The molecule has 0 radical (unpaired) electrons. The minimum atomic E-state index is -0.689. The highest BCUT2D eigenvalue weighted by Gasteiger charge is 2.34. The molecular weight excluding hydrogens is 334 g/mol. The van der Waals surface area contributed by atoms with E-state index in [1.165, 1.54) is 15.6 Å². The third kappa shape index (κ3) is 2.57.